The van der Waals surface area contributed by atoms with Crippen molar-refractivity contribution in [2.24, 2.45) is 11.1 Å². The monoisotopic (exact) mass is 234 g/mol. The lowest BCUT2D eigenvalue weighted by Crippen LogP contribution is -2.32. The Bertz CT molecular complexity index is 303. The van der Waals surface area contributed by atoms with Gasteiger partial charge in [-0.3, -0.25) is 0 Å². The molecular formula is C10H22N2O2S. The number of hydrogen-bond donors (Lipinski definition) is 1. The van der Waals surface area contributed by atoms with E-state index in [0.29, 0.717) is 5.75 Å². The van der Waals surface area contributed by atoms with Crippen molar-refractivity contribution in [2.45, 2.75) is 19.8 Å². The fourth-order valence-corrected chi connectivity index (χ4v) is 2.69. The molecule has 0 aromatic carbocycles. The third-order valence-corrected chi connectivity index (χ3v) is 4.15. The van der Waals surface area contributed by atoms with Crippen molar-refractivity contribution < 1.29 is 8.42 Å². The maximum atomic E-state index is 11.0. The van der Waals surface area contributed by atoms with E-state index in [1.807, 2.05) is 0 Å². The van der Waals surface area contributed by atoms with Crippen molar-refractivity contribution in [3.8, 4) is 0 Å². The molecule has 0 saturated carbocycles. The molecule has 1 fully saturated rings. The van der Waals surface area contributed by atoms with E-state index in [-0.39, 0.29) is 5.41 Å². The SMILES string of the molecule is CC1(CN)CCN(CCCS(C)(=O)=O)C1. The lowest BCUT2D eigenvalue weighted by molar-refractivity contribution is 0.281. The Morgan fingerprint density at radius 1 is 1.47 bits per heavy atom. The van der Waals surface area contributed by atoms with E-state index in [0.717, 1.165) is 39.0 Å². The van der Waals surface area contributed by atoms with Crippen LogP contribution < -0.4 is 5.73 Å². The minimum atomic E-state index is -2.80. The molecule has 0 aliphatic carbocycles. The van der Waals surface area contributed by atoms with Gasteiger partial charge in [0.25, 0.3) is 0 Å². The first kappa shape index (κ1) is 12.9. The van der Waals surface area contributed by atoms with Crippen LogP contribution >= 0.6 is 0 Å². The summed E-state index contributed by atoms with van der Waals surface area (Å²) < 4.78 is 21.9. The first-order valence-corrected chi connectivity index (χ1v) is 7.51. The average molecular weight is 234 g/mol. The molecule has 5 heteroatoms. The number of sulfone groups is 1. The predicted octanol–water partition coefficient (Wildman–Crippen LogP) is 0.0918. The van der Waals surface area contributed by atoms with Crippen LogP contribution in [0.25, 0.3) is 0 Å². The van der Waals surface area contributed by atoms with Gasteiger partial charge in [-0.15, -0.1) is 0 Å². The van der Waals surface area contributed by atoms with Gasteiger partial charge in [0, 0.05) is 12.8 Å². The van der Waals surface area contributed by atoms with Gasteiger partial charge >= 0.3 is 0 Å². The van der Waals surface area contributed by atoms with Crippen LogP contribution in [-0.2, 0) is 9.84 Å². The lowest BCUT2D eigenvalue weighted by Gasteiger charge is -2.22. The van der Waals surface area contributed by atoms with Gasteiger partial charge in [-0.2, -0.15) is 0 Å². The zero-order chi connectivity index (χ0) is 11.5. The van der Waals surface area contributed by atoms with E-state index in [1.165, 1.54) is 6.26 Å². The molecular weight excluding hydrogens is 212 g/mol. The molecule has 15 heavy (non-hydrogen) atoms. The largest absolute Gasteiger partial charge is 0.330 e. The summed E-state index contributed by atoms with van der Waals surface area (Å²) in [5.41, 5.74) is 5.95. The first-order valence-electron chi connectivity index (χ1n) is 5.45. The third kappa shape index (κ3) is 4.49. The van der Waals surface area contributed by atoms with E-state index in [4.69, 9.17) is 5.73 Å². The Morgan fingerprint density at radius 2 is 2.13 bits per heavy atom. The minimum Gasteiger partial charge on any atom is -0.330 e. The molecule has 1 aliphatic rings. The van der Waals surface area contributed by atoms with Gasteiger partial charge in [0.2, 0.25) is 0 Å². The highest BCUT2D eigenvalue weighted by atomic mass is 32.2. The molecule has 0 amide bonds. The van der Waals surface area contributed by atoms with E-state index in [1.54, 1.807) is 0 Å². The van der Waals surface area contributed by atoms with Crippen LogP contribution in [0.4, 0.5) is 0 Å². The van der Waals surface area contributed by atoms with E-state index < -0.39 is 9.84 Å². The molecule has 1 aliphatic heterocycles. The summed E-state index contributed by atoms with van der Waals surface area (Å²) >= 11 is 0. The summed E-state index contributed by atoms with van der Waals surface area (Å²) in [7, 11) is -2.80. The van der Waals surface area contributed by atoms with Crippen molar-refractivity contribution >= 4 is 9.84 Å². The summed E-state index contributed by atoms with van der Waals surface area (Å²) in [6.45, 7) is 5.85. The van der Waals surface area contributed by atoms with Gasteiger partial charge in [-0.1, -0.05) is 6.92 Å². The number of nitrogens with two attached hydrogens (primary N) is 1. The molecule has 1 rings (SSSR count). The highest BCUT2D eigenvalue weighted by Crippen LogP contribution is 2.28. The highest BCUT2D eigenvalue weighted by molar-refractivity contribution is 7.90. The molecule has 1 heterocycles. The molecule has 90 valence electrons. The Kier molecular flexibility index (Phi) is 4.14. The molecule has 0 aromatic heterocycles. The first-order chi connectivity index (χ1) is 6.85. The second kappa shape index (κ2) is 4.80. The fraction of sp³-hybridized carbons (Fsp3) is 1.00. The van der Waals surface area contributed by atoms with E-state index in [9.17, 15) is 8.42 Å². The van der Waals surface area contributed by atoms with Crippen LogP contribution in [0.15, 0.2) is 0 Å². The Labute approximate surface area is 92.7 Å². The number of likely N-dealkylation sites (tertiary alicyclic amines) is 1. The van der Waals surface area contributed by atoms with Crippen molar-refractivity contribution in [1.29, 1.82) is 0 Å². The van der Waals surface area contributed by atoms with Crippen molar-refractivity contribution in [3.05, 3.63) is 0 Å². The molecule has 2 N–H and O–H groups in total. The van der Waals surface area contributed by atoms with E-state index in [2.05, 4.69) is 11.8 Å². The summed E-state index contributed by atoms with van der Waals surface area (Å²) in [6.07, 6.45) is 3.16. The molecule has 1 atom stereocenters. The van der Waals surface area contributed by atoms with Crippen LogP contribution in [0, 0.1) is 5.41 Å². The van der Waals surface area contributed by atoms with Crippen LogP contribution in [0.1, 0.15) is 19.8 Å². The third-order valence-electron chi connectivity index (χ3n) is 3.12. The summed E-state index contributed by atoms with van der Waals surface area (Å²) in [6, 6.07) is 0. The fourth-order valence-electron chi connectivity index (χ4n) is 2.03. The van der Waals surface area contributed by atoms with Crippen LogP contribution in [-0.4, -0.2) is 51.5 Å². The maximum absolute atomic E-state index is 11.0. The Hall–Kier alpha value is -0.130. The molecule has 4 nitrogen and oxygen atoms in total. The summed E-state index contributed by atoms with van der Waals surface area (Å²) in [5, 5.41) is 0. The van der Waals surface area contributed by atoms with Gasteiger partial charge in [0.15, 0.2) is 0 Å². The minimum absolute atomic E-state index is 0.241. The standard InChI is InChI=1S/C10H22N2O2S/c1-10(8-11)4-6-12(9-10)5-3-7-15(2,13)14/h3-9,11H2,1-2H3. The van der Waals surface area contributed by atoms with Gasteiger partial charge in [-0.05, 0) is 37.9 Å². The molecule has 1 saturated heterocycles. The molecule has 0 spiro atoms. The number of hydrogen-bond acceptors (Lipinski definition) is 4. The number of rotatable bonds is 5. The van der Waals surface area contributed by atoms with Crippen LogP contribution in [0.3, 0.4) is 0 Å². The van der Waals surface area contributed by atoms with Crippen molar-refractivity contribution in [3.63, 3.8) is 0 Å². The quantitative estimate of drug-likeness (QED) is 0.732. The number of nitrogens with zero attached hydrogens (tertiary/aromatic N) is 1. The predicted molar refractivity (Wildman–Crippen MR) is 62.5 cm³/mol. The van der Waals surface area contributed by atoms with Gasteiger partial charge < -0.3 is 10.6 Å². The Morgan fingerprint density at radius 3 is 2.60 bits per heavy atom. The molecule has 0 radical (unpaired) electrons. The highest BCUT2D eigenvalue weighted by Gasteiger charge is 2.31. The molecule has 0 aromatic rings. The van der Waals surface area contributed by atoms with Gasteiger partial charge in [0.05, 0.1) is 5.75 Å². The smallest absolute Gasteiger partial charge is 0.147 e. The second-order valence-corrected chi connectivity index (χ2v) is 7.28. The van der Waals surface area contributed by atoms with E-state index >= 15 is 0 Å². The topological polar surface area (TPSA) is 63.4 Å². The van der Waals surface area contributed by atoms with Gasteiger partial charge in [0.1, 0.15) is 9.84 Å². The normalized spacial score (nSPS) is 28.5. The van der Waals surface area contributed by atoms with Gasteiger partial charge in [-0.25, -0.2) is 8.42 Å². The van der Waals surface area contributed by atoms with Crippen molar-refractivity contribution in [1.82, 2.24) is 4.90 Å². The molecule has 0 bridgehead atoms. The average Bonchev–Trinajstić information content (AvgIpc) is 2.47. The summed E-state index contributed by atoms with van der Waals surface area (Å²) in [4.78, 5) is 2.32. The molecule has 1 unspecified atom stereocenters. The lowest BCUT2D eigenvalue weighted by atomic mass is 9.90. The maximum Gasteiger partial charge on any atom is 0.147 e. The zero-order valence-electron chi connectivity index (χ0n) is 9.70. The van der Waals surface area contributed by atoms with Crippen LogP contribution in [0.5, 0.6) is 0 Å². The van der Waals surface area contributed by atoms with Crippen molar-refractivity contribution in [2.75, 3.05) is 38.2 Å². The summed E-state index contributed by atoms with van der Waals surface area (Å²) in [5.74, 6) is 0.294. The Balaban J connectivity index is 2.26. The zero-order valence-corrected chi connectivity index (χ0v) is 10.5. The second-order valence-electron chi connectivity index (χ2n) is 5.02. The van der Waals surface area contributed by atoms with Crippen LogP contribution in [0.2, 0.25) is 0 Å².